The van der Waals surface area contributed by atoms with Crippen LogP contribution in [0.2, 0.25) is 0 Å². The fourth-order valence-electron chi connectivity index (χ4n) is 2.05. The van der Waals surface area contributed by atoms with E-state index in [0.29, 0.717) is 5.57 Å². The minimum absolute atomic E-state index is 0.126. The molecule has 4 heteroatoms. The Morgan fingerprint density at radius 1 is 0.957 bits per heavy atom. The van der Waals surface area contributed by atoms with Crippen molar-refractivity contribution in [3.8, 4) is 0 Å². The lowest BCUT2D eigenvalue weighted by atomic mass is 10.1. The van der Waals surface area contributed by atoms with Gasteiger partial charge in [0.15, 0.2) is 0 Å². The van der Waals surface area contributed by atoms with Crippen molar-refractivity contribution in [2.75, 3.05) is 0 Å². The van der Waals surface area contributed by atoms with E-state index in [1.807, 2.05) is 42.5 Å². The molecule has 0 aliphatic carbocycles. The summed E-state index contributed by atoms with van der Waals surface area (Å²) in [6, 6.07) is 20.4. The summed E-state index contributed by atoms with van der Waals surface area (Å²) in [6.45, 7) is 3.72. The summed E-state index contributed by atoms with van der Waals surface area (Å²) in [6.07, 6.45) is 1.85. The molecular formula is C19H20O2S2. The lowest BCUT2D eigenvalue weighted by Crippen LogP contribution is -2.10. The van der Waals surface area contributed by atoms with Crippen LogP contribution in [0.4, 0.5) is 0 Å². The van der Waals surface area contributed by atoms with Crippen LogP contribution >= 0.6 is 23.5 Å². The highest BCUT2D eigenvalue weighted by Gasteiger charge is 2.19. The van der Waals surface area contributed by atoms with Crippen LogP contribution in [0, 0.1) is 5.92 Å². The van der Waals surface area contributed by atoms with Gasteiger partial charge in [0.25, 0.3) is 0 Å². The van der Waals surface area contributed by atoms with Crippen LogP contribution in [0.15, 0.2) is 82.1 Å². The van der Waals surface area contributed by atoms with E-state index in [1.54, 1.807) is 30.4 Å². The number of aliphatic carboxylic acids is 1. The molecule has 2 aromatic carbocycles. The van der Waals surface area contributed by atoms with Crippen LogP contribution in [0.1, 0.15) is 13.8 Å². The summed E-state index contributed by atoms with van der Waals surface area (Å²) in [4.78, 5) is 13.5. The molecule has 0 aliphatic heterocycles. The van der Waals surface area contributed by atoms with Gasteiger partial charge < -0.3 is 5.11 Å². The van der Waals surface area contributed by atoms with Crippen molar-refractivity contribution in [3.05, 3.63) is 72.3 Å². The van der Waals surface area contributed by atoms with Gasteiger partial charge in [-0.2, -0.15) is 0 Å². The molecular weight excluding hydrogens is 324 g/mol. The largest absolute Gasteiger partial charge is 0.478 e. The van der Waals surface area contributed by atoms with E-state index in [-0.39, 0.29) is 10.5 Å². The Balaban J connectivity index is 2.20. The smallest absolute Gasteiger partial charge is 0.330 e. The van der Waals surface area contributed by atoms with Gasteiger partial charge >= 0.3 is 5.97 Å². The van der Waals surface area contributed by atoms with Crippen molar-refractivity contribution < 1.29 is 9.90 Å². The first-order valence-electron chi connectivity index (χ1n) is 7.41. The number of hydrogen-bond acceptors (Lipinski definition) is 3. The molecule has 0 saturated heterocycles. The molecule has 0 heterocycles. The van der Waals surface area contributed by atoms with Gasteiger partial charge in [0.2, 0.25) is 0 Å². The van der Waals surface area contributed by atoms with Crippen molar-refractivity contribution in [3.63, 3.8) is 0 Å². The highest BCUT2D eigenvalue weighted by atomic mass is 32.2. The number of thioether (sulfide) groups is 2. The molecule has 0 radical (unpaired) electrons. The van der Waals surface area contributed by atoms with Crippen LogP contribution in [0.25, 0.3) is 0 Å². The molecule has 0 aromatic heterocycles. The monoisotopic (exact) mass is 344 g/mol. The molecule has 1 unspecified atom stereocenters. The van der Waals surface area contributed by atoms with Gasteiger partial charge in [-0.25, -0.2) is 4.79 Å². The number of carbonyl (C=O) groups is 1. The number of rotatable bonds is 7. The first kappa shape index (κ1) is 17.7. The Hall–Kier alpha value is -1.65. The predicted octanol–water partition coefficient (Wildman–Crippen LogP) is 5.56. The minimum atomic E-state index is -0.856. The van der Waals surface area contributed by atoms with Gasteiger partial charge in [0.1, 0.15) is 0 Å². The SMILES string of the molecule is CC(=CC(C)C(Sc1ccccc1)Sc1ccccc1)C(=O)O. The third-order valence-corrected chi connectivity index (χ3v) is 6.26. The average molecular weight is 345 g/mol. The second-order valence-electron chi connectivity index (χ2n) is 5.24. The quantitative estimate of drug-likeness (QED) is 0.405. The van der Waals surface area contributed by atoms with Gasteiger partial charge in [-0.1, -0.05) is 49.4 Å². The van der Waals surface area contributed by atoms with E-state index >= 15 is 0 Å². The predicted molar refractivity (Wildman–Crippen MR) is 98.9 cm³/mol. The van der Waals surface area contributed by atoms with Crippen LogP contribution in [-0.2, 0) is 4.79 Å². The lowest BCUT2D eigenvalue weighted by molar-refractivity contribution is -0.132. The zero-order valence-electron chi connectivity index (χ0n) is 13.2. The third-order valence-electron chi connectivity index (χ3n) is 3.27. The average Bonchev–Trinajstić information content (AvgIpc) is 2.56. The number of hydrogen-bond donors (Lipinski definition) is 1. The van der Waals surface area contributed by atoms with E-state index in [0.717, 1.165) is 0 Å². The lowest BCUT2D eigenvalue weighted by Gasteiger charge is -2.21. The van der Waals surface area contributed by atoms with E-state index in [1.165, 1.54) is 9.79 Å². The van der Waals surface area contributed by atoms with Crippen LogP contribution in [0.5, 0.6) is 0 Å². The molecule has 0 fully saturated rings. The number of carboxylic acids is 1. The Morgan fingerprint density at radius 2 is 1.39 bits per heavy atom. The number of allylic oxidation sites excluding steroid dienone is 1. The van der Waals surface area contributed by atoms with Crippen LogP contribution < -0.4 is 0 Å². The Kier molecular flexibility index (Phi) is 6.81. The maximum Gasteiger partial charge on any atom is 0.330 e. The fraction of sp³-hybridized carbons (Fsp3) is 0.211. The minimum Gasteiger partial charge on any atom is -0.478 e. The van der Waals surface area contributed by atoms with Gasteiger partial charge in [0, 0.05) is 15.4 Å². The zero-order valence-corrected chi connectivity index (χ0v) is 14.8. The summed E-state index contributed by atoms with van der Waals surface area (Å²) in [5.41, 5.74) is 0.393. The molecule has 120 valence electrons. The molecule has 0 bridgehead atoms. The topological polar surface area (TPSA) is 37.3 Å². The van der Waals surface area contributed by atoms with E-state index in [4.69, 9.17) is 5.11 Å². The van der Waals surface area contributed by atoms with E-state index in [9.17, 15) is 4.79 Å². The Morgan fingerprint density at radius 3 is 1.78 bits per heavy atom. The summed E-state index contributed by atoms with van der Waals surface area (Å²) in [5.74, 6) is -0.730. The Labute approximate surface area is 146 Å². The molecule has 0 aliphatic rings. The molecule has 0 saturated carbocycles. The van der Waals surface area contributed by atoms with Crippen LogP contribution in [0.3, 0.4) is 0 Å². The summed E-state index contributed by atoms with van der Waals surface area (Å²) >= 11 is 3.54. The molecule has 0 amide bonds. The fourth-order valence-corrected chi connectivity index (χ4v) is 4.66. The van der Waals surface area contributed by atoms with Gasteiger partial charge in [-0.05, 0) is 37.1 Å². The summed E-state index contributed by atoms with van der Waals surface area (Å²) in [7, 11) is 0. The van der Waals surface area contributed by atoms with Crippen molar-refractivity contribution in [2.24, 2.45) is 5.92 Å². The van der Waals surface area contributed by atoms with E-state index < -0.39 is 5.97 Å². The molecule has 1 atom stereocenters. The molecule has 1 N–H and O–H groups in total. The van der Waals surface area contributed by atoms with Gasteiger partial charge in [-0.3, -0.25) is 0 Å². The van der Waals surface area contributed by atoms with Crippen molar-refractivity contribution in [2.45, 2.75) is 28.2 Å². The molecule has 23 heavy (non-hydrogen) atoms. The molecule has 2 aromatic rings. The first-order chi connectivity index (χ1) is 11.1. The highest BCUT2D eigenvalue weighted by Crippen LogP contribution is 2.40. The third kappa shape index (κ3) is 5.81. The number of benzene rings is 2. The first-order valence-corrected chi connectivity index (χ1v) is 9.17. The van der Waals surface area contributed by atoms with Crippen LogP contribution in [-0.4, -0.2) is 15.7 Å². The van der Waals surface area contributed by atoms with Gasteiger partial charge in [-0.15, -0.1) is 23.5 Å². The number of carboxylic acid groups (broad SMARTS) is 1. The van der Waals surface area contributed by atoms with Crippen molar-refractivity contribution in [1.29, 1.82) is 0 Å². The standard InChI is InChI=1S/C19H20O2S2/c1-14(18(20)21)13-15(2)19(22-16-9-5-3-6-10-16)23-17-11-7-4-8-12-17/h3-13,15,19H,1-2H3,(H,20,21). The highest BCUT2D eigenvalue weighted by molar-refractivity contribution is 8.17. The van der Waals surface area contributed by atoms with Gasteiger partial charge in [0.05, 0.1) is 4.58 Å². The van der Waals surface area contributed by atoms with E-state index in [2.05, 4.69) is 31.2 Å². The molecule has 0 spiro atoms. The maximum absolute atomic E-state index is 11.1. The normalized spacial score (nSPS) is 13.1. The molecule has 2 nitrogen and oxygen atoms in total. The summed E-state index contributed by atoms with van der Waals surface area (Å²) < 4.78 is 0.203. The van der Waals surface area contributed by atoms with Crippen molar-refractivity contribution in [1.82, 2.24) is 0 Å². The second kappa shape index (κ2) is 8.85. The maximum atomic E-state index is 11.1. The summed E-state index contributed by atoms with van der Waals surface area (Å²) in [5, 5.41) is 9.11. The molecule has 2 rings (SSSR count). The Bertz CT molecular complexity index is 612. The second-order valence-corrected chi connectivity index (χ2v) is 7.97. The van der Waals surface area contributed by atoms with Crippen molar-refractivity contribution >= 4 is 29.5 Å². The zero-order chi connectivity index (χ0) is 16.7.